The van der Waals surface area contributed by atoms with Gasteiger partial charge in [-0.25, -0.2) is 0 Å². The minimum atomic E-state index is -0.0569. The van der Waals surface area contributed by atoms with Gasteiger partial charge in [-0.3, -0.25) is 14.5 Å². The van der Waals surface area contributed by atoms with Crippen molar-refractivity contribution < 1.29 is 14.3 Å². The van der Waals surface area contributed by atoms with Crippen LogP contribution in [0, 0.1) is 6.92 Å². The fourth-order valence-electron chi connectivity index (χ4n) is 3.13. The van der Waals surface area contributed by atoms with Crippen molar-refractivity contribution in [2.24, 2.45) is 0 Å². The zero-order chi connectivity index (χ0) is 19.2. The van der Waals surface area contributed by atoms with Gasteiger partial charge in [-0.2, -0.15) is 0 Å². The van der Waals surface area contributed by atoms with Crippen molar-refractivity contribution in [3.05, 3.63) is 64.2 Å². The number of halogens is 1. The molecule has 2 aromatic rings. The second-order valence-corrected chi connectivity index (χ2v) is 7.17. The summed E-state index contributed by atoms with van der Waals surface area (Å²) in [6.45, 7) is 5.68. The van der Waals surface area contributed by atoms with Crippen molar-refractivity contribution in [2.45, 2.75) is 13.5 Å². The van der Waals surface area contributed by atoms with Crippen molar-refractivity contribution in [3.8, 4) is 5.75 Å². The smallest absolute Gasteiger partial charge is 0.260 e. The Morgan fingerprint density at radius 3 is 2.48 bits per heavy atom. The number of rotatable bonds is 6. The van der Waals surface area contributed by atoms with Gasteiger partial charge in [0.05, 0.1) is 5.56 Å². The molecule has 0 N–H and O–H groups in total. The number of nitrogens with zero attached hydrogens (tertiary/aromatic N) is 2. The predicted molar refractivity (Wildman–Crippen MR) is 105 cm³/mol. The van der Waals surface area contributed by atoms with Crippen molar-refractivity contribution in [1.29, 1.82) is 0 Å². The zero-order valence-corrected chi connectivity index (χ0v) is 16.1. The van der Waals surface area contributed by atoms with Gasteiger partial charge in [0.1, 0.15) is 5.75 Å². The average molecular weight is 387 g/mol. The Labute approximate surface area is 164 Å². The molecule has 0 unspecified atom stereocenters. The number of amides is 1. The van der Waals surface area contributed by atoms with Gasteiger partial charge in [0.25, 0.3) is 5.91 Å². The number of carbonyl (C=O) groups is 2. The largest absolute Gasteiger partial charge is 0.483 e. The van der Waals surface area contributed by atoms with E-state index in [4.69, 9.17) is 16.3 Å². The Balaban J connectivity index is 1.47. The maximum Gasteiger partial charge on any atom is 0.260 e. The van der Waals surface area contributed by atoms with E-state index in [-0.39, 0.29) is 12.5 Å². The van der Waals surface area contributed by atoms with E-state index < -0.39 is 0 Å². The number of aryl methyl sites for hydroxylation is 1. The van der Waals surface area contributed by atoms with Crippen LogP contribution in [-0.4, -0.2) is 54.8 Å². The lowest BCUT2D eigenvalue weighted by atomic mass is 10.1. The van der Waals surface area contributed by atoms with E-state index in [9.17, 15) is 9.59 Å². The first-order valence-corrected chi connectivity index (χ1v) is 9.36. The number of ether oxygens (including phenoxy) is 1. The molecule has 27 heavy (non-hydrogen) atoms. The molecule has 1 amide bonds. The first-order chi connectivity index (χ1) is 13.0. The Kier molecular flexibility index (Phi) is 6.48. The molecule has 6 heteroatoms. The molecule has 0 aromatic heterocycles. The number of benzene rings is 2. The number of aldehydes is 1. The molecule has 1 aliphatic heterocycles. The van der Waals surface area contributed by atoms with Crippen molar-refractivity contribution >= 4 is 23.8 Å². The van der Waals surface area contributed by atoms with E-state index in [1.165, 1.54) is 5.56 Å². The Morgan fingerprint density at radius 1 is 1.11 bits per heavy atom. The van der Waals surface area contributed by atoms with E-state index in [1.807, 2.05) is 42.2 Å². The van der Waals surface area contributed by atoms with E-state index in [1.54, 1.807) is 12.1 Å². The van der Waals surface area contributed by atoms with Gasteiger partial charge in [0.15, 0.2) is 12.9 Å². The molecule has 5 nitrogen and oxygen atoms in total. The molecule has 1 saturated heterocycles. The fraction of sp³-hybridized carbons (Fsp3) is 0.333. The van der Waals surface area contributed by atoms with Gasteiger partial charge in [0.2, 0.25) is 0 Å². The minimum Gasteiger partial charge on any atom is -0.483 e. The molecule has 0 radical (unpaired) electrons. The number of piperazine rings is 1. The third kappa shape index (κ3) is 5.31. The summed E-state index contributed by atoms with van der Waals surface area (Å²) in [5.41, 5.74) is 2.66. The average Bonchev–Trinajstić information content (AvgIpc) is 2.69. The molecule has 3 rings (SSSR count). The summed E-state index contributed by atoms with van der Waals surface area (Å²) in [7, 11) is 0. The molecule has 0 aliphatic carbocycles. The van der Waals surface area contributed by atoms with E-state index >= 15 is 0 Å². The van der Waals surface area contributed by atoms with Crippen LogP contribution in [0.5, 0.6) is 5.75 Å². The summed E-state index contributed by atoms with van der Waals surface area (Å²) < 4.78 is 5.58. The molecule has 142 valence electrons. The monoisotopic (exact) mass is 386 g/mol. The third-order valence-electron chi connectivity index (χ3n) is 4.69. The second-order valence-electron chi connectivity index (χ2n) is 6.73. The molecular formula is C21H23ClN2O3. The molecular weight excluding hydrogens is 364 g/mol. The Hall–Kier alpha value is -2.37. The Morgan fingerprint density at radius 2 is 1.81 bits per heavy atom. The summed E-state index contributed by atoms with van der Waals surface area (Å²) in [6, 6.07) is 13.2. The first-order valence-electron chi connectivity index (χ1n) is 8.98. The topological polar surface area (TPSA) is 49.9 Å². The van der Waals surface area contributed by atoms with Crippen LogP contribution < -0.4 is 4.74 Å². The lowest BCUT2D eigenvalue weighted by Gasteiger charge is -2.34. The Bertz CT molecular complexity index is 800. The SMILES string of the molecule is Cc1ccc(OCC(=O)N2CCN(Cc3ccc(Cl)cc3)CC2)c(C=O)c1. The van der Waals surface area contributed by atoms with E-state index in [2.05, 4.69) is 4.90 Å². The van der Waals surface area contributed by atoms with Gasteiger partial charge in [-0.05, 0) is 36.8 Å². The number of carbonyl (C=O) groups excluding carboxylic acids is 2. The lowest BCUT2D eigenvalue weighted by Crippen LogP contribution is -2.49. The number of hydrogen-bond donors (Lipinski definition) is 0. The van der Waals surface area contributed by atoms with Crippen LogP contribution in [0.1, 0.15) is 21.5 Å². The quantitative estimate of drug-likeness (QED) is 0.715. The summed E-state index contributed by atoms with van der Waals surface area (Å²) in [6.07, 6.45) is 0.752. The van der Waals surface area contributed by atoms with Gasteiger partial charge >= 0.3 is 0 Å². The van der Waals surface area contributed by atoms with Crippen LogP contribution in [0.3, 0.4) is 0 Å². The highest BCUT2D eigenvalue weighted by Crippen LogP contribution is 2.18. The highest BCUT2D eigenvalue weighted by atomic mass is 35.5. The summed E-state index contributed by atoms with van der Waals surface area (Å²) >= 11 is 5.92. The van der Waals surface area contributed by atoms with Gasteiger partial charge in [-0.1, -0.05) is 35.4 Å². The van der Waals surface area contributed by atoms with Crippen molar-refractivity contribution in [3.63, 3.8) is 0 Å². The fourth-order valence-corrected chi connectivity index (χ4v) is 3.25. The molecule has 0 bridgehead atoms. The van der Waals surface area contributed by atoms with Gasteiger partial charge in [-0.15, -0.1) is 0 Å². The van der Waals surface area contributed by atoms with E-state index in [0.717, 1.165) is 36.5 Å². The van der Waals surface area contributed by atoms with Crippen LogP contribution in [-0.2, 0) is 11.3 Å². The van der Waals surface area contributed by atoms with Crippen LogP contribution in [0.25, 0.3) is 0 Å². The molecule has 0 saturated carbocycles. The standard InChI is InChI=1S/C21H23ClN2O3/c1-16-2-7-20(18(12-16)14-25)27-15-21(26)24-10-8-23(9-11-24)13-17-3-5-19(22)6-4-17/h2-7,12,14H,8-11,13,15H2,1H3. The van der Waals surface area contributed by atoms with Crippen LogP contribution in [0.4, 0.5) is 0 Å². The predicted octanol–water partition coefficient (Wildman–Crippen LogP) is 3.18. The molecule has 1 fully saturated rings. The van der Waals surface area contributed by atoms with Crippen LogP contribution in [0.15, 0.2) is 42.5 Å². The highest BCUT2D eigenvalue weighted by Gasteiger charge is 2.21. The van der Waals surface area contributed by atoms with Gasteiger partial charge in [0, 0.05) is 37.7 Å². The van der Waals surface area contributed by atoms with E-state index in [0.29, 0.717) is 24.4 Å². The molecule has 0 atom stereocenters. The van der Waals surface area contributed by atoms with Crippen molar-refractivity contribution in [1.82, 2.24) is 9.80 Å². The molecule has 1 heterocycles. The first kappa shape index (κ1) is 19.4. The molecule has 1 aliphatic rings. The maximum atomic E-state index is 12.4. The highest BCUT2D eigenvalue weighted by molar-refractivity contribution is 6.30. The normalized spacial score (nSPS) is 14.8. The van der Waals surface area contributed by atoms with Crippen LogP contribution >= 0.6 is 11.6 Å². The molecule has 2 aromatic carbocycles. The number of hydrogen-bond acceptors (Lipinski definition) is 4. The third-order valence-corrected chi connectivity index (χ3v) is 4.94. The summed E-state index contributed by atoms with van der Waals surface area (Å²) in [5, 5.41) is 0.737. The lowest BCUT2D eigenvalue weighted by molar-refractivity contribution is -0.135. The second kappa shape index (κ2) is 9.02. The minimum absolute atomic E-state index is 0.0545. The van der Waals surface area contributed by atoms with Crippen LogP contribution in [0.2, 0.25) is 5.02 Å². The summed E-state index contributed by atoms with van der Waals surface area (Å²) in [5.74, 6) is 0.392. The maximum absolute atomic E-state index is 12.4. The molecule has 0 spiro atoms. The van der Waals surface area contributed by atoms with Gasteiger partial charge < -0.3 is 9.64 Å². The van der Waals surface area contributed by atoms with Crippen molar-refractivity contribution in [2.75, 3.05) is 32.8 Å². The zero-order valence-electron chi connectivity index (χ0n) is 15.4. The summed E-state index contributed by atoms with van der Waals surface area (Å²) in [4.78, 5) is 27.7.